The predicted octanol–water partition coefficient (Wildman–Crippen LogP) is 3.14. The zero-order chi connectivity index (χ0) is 14.5. The summed E-state index contributed by atoms with van der Waals surface area (Å²) in [5.41, 5.74) is 9.60. The highest BCUT2D eigenvalue weighted by Gasteiger charge is 2.16. The number of nitrogens with two attached hydrogens (primary N) is 1. The zero-order valence-electron chi connectivity index (χ0n) is 12.3. The summed E-state index contributed by atoms with van der Waals surface area (Å²) in [6.07, 6.45) is 0. The van der Waals surface area contributed by atoms with Gasteiger partial charge in [0.05, 0.1) is 13.2 Å². The number of hydrogen-bond acceptors (Lipinski definition) is 3. The summed E-state index contributed by atoms with van der Waals surface area (Å²) in [6.45, 7) is 2.67. The van der Waals surface area contributed by atoms with E-state index in [4.69, 9.17) is 10.5 Å². The van der Waals surface area contributed by atoms with E-state index < -0.39 is 0 Å². The van der Waals surface area contributed by atoms with E-state index in [-0.39, 0.29) is 6.04 Å². The standard InChI is InChI=1S/C17H22N2O/c1-13-5-4-6-15(11-13)19(2)17(12-18)14-7-9-16(20-3)10-8-14/h4-11,17H,12,18H2,1-3H3. The molecule has 106 valence electrons. The van der Waals surface area contributed by atoms with Gasteiger partial charge in [0.25, 0.3) is 0 Å². The van der Waals surface area contributed by atoms with Crippen LogP contribution in [0.4, 0.5) is 5.69 Å². The second kappa shape index (κ2) is 6.44. The minimum Gasteiger partial charge on any atom is -0.497 e. The smallest absolute Gasteiger partial charge is 0.118 e. The quantitative estimate of drug-likeness (QED) is 0.907. The Morgan fingerprint density at radius 3 is 2.40 bits per heavy atom. The number of nitrogens with zero attached hydrogens (tertiary/aromatic N) is 1. The molecule has 0 saturated carbocycles. The van der Waals surface area contributed by atoms with Crippen LogP contribution in [0.25, 0.3) is 0 Å². The van der Waals surface area contributed by atoms with Crippen LogP contribution in [0.2, 0.25) is 0 Å². The summed E-state index contributed by atoms with van der Waals surface area (Å²) in [6, 6.07) is 16.7. The molecular weight excluding hydrogens is 248 g/mol. The lowest BCUT2D eigenvalue weighted by molar-refractivity contribution is 0.414. The number of ether oxygens (including phenoxy) is 1. The lowest BCUT2D eigenvalue weighted by atomic mass is 10.0. The van der Waals surface area contributed by atoms with Crippen LogP contribution in [0.5, 0.6) is 5.75 Å². The molecule has 0 heterocycles. The molecule has 3 nitrogen and oxygen atoms in total. The minimum atomic E-state index is 0.155. The van der Waals surface area contributed by atoms with Gasteiger partial charge in [-0.25, -0.2) is 0 Å². The Morgan fingerprint density at radius 2 is 1.85 bits per heavy atom. The number of anilines is 1. The van der Waals surface area contributed by atoms with E-state index in [0.717, 1.165) is 5.75 Å². The highest BCUT2D eigenvalue weighted by atomic mass is 16.5. The molecule has 0 aromatic heterocycles. The van der Waals surface area contributed by atoms with E-state index in [0.29, 0.717) is 6.54 Å². The molecule has 2 rings (SSSR count). The summed E-state index contributed by atoms with van der Waals surface area (Å²) in [4.78, 5) is 2.22. The van der Waals surface area contributed by atoms with Gasteiger partial charge in [-0.05, 0) is 42.3 Å². The van der Waals surface area contributed by atoms with Gasteiger partial charge in [0, 0.05) is 19.3 Å². The normalized spacial score (nSPS) is 12.0. The molecule has 1 unspecified atom stereocenters. The average molecular weight is 270 g/mol. The number of benzene rings is 2. The fourth-order valence-electron chi connectivity index (χ4n) is 2.37. The Balaban J connectivity index is 2.26. The van der Waals surface area contributed by atoms with Crippen LogP contribution in [-0.4, -0.2) is 20.7 Å². The van der Waals surface area contributed by atoms with Gasteiger partial charge in [-0.3, -0.25) is 0 Å². The molecule has 2 aromatic carbocycles. The van der Waals surface area contributed by atoms with Gasteiger partial charge < -0.3 is 15.4 Å². The largest absolute Gasteiger partial charge is 0.497 e. The summed E-state index contributed by atoms with van der Waals surface area (Å²) in [5, 5.41) is 0. The third-order valence-electron chi connectivity index (χ3n) is 3.60. The maximum absolute atomic E-state index is 5.98. The van der Waals surface area contributed by atoms with E-state index >= 15 is 0 Å². The third kappa shape index (κ3) is 3.11. The van der Waals surface area contributed by atoms with Crippen molar-refractivity contribution in [1.29, 1.82) is 0 Å². The Hall–Kier alpha value is -2.00. The molecule has 0 spiro atoms. The van der Waals surface area contributed by atoms with E-state index in [1.54, 1.807) is 7.11 Å². The van der Waals surface area contributed by atoms with Crippen molar-refractivity contribution in [3.63, 3.8) is 0 Å². The van der Waals surface area contributed by atoms with Gasteiger partial charge in [-0.15, -0.1) is 0 Å². The Bertz CT molecular complexity index is 551. The molecule has 1 atom stereocenters. The summed E-state index contributed by atoms with van der Waals surface area (Å²) in [5.74, 6) is 0.864. The molecule has 0 bridgehead atoms. The Kier molecular flexibility index (Phi) is 4.64. The van der Waals surface area contributed by atoms with E-state index in [1.807, 2.05) is 12.1 Å². The molecule has 0 aliphatic heterocycles. The van der Waals surface area contributed by atoms with Crippen LogP contribution in [0, 0.1) is 6.92 Å². The third-order valence-corrected chi connectivity index (χ3v) is 3.60. The van der Waals surface area contributed by atoms with Crippen molar-refractivity contribution in [3.8, 4) is 5.75 Å². The van der Waals surface area contributed by atoms with Crippen LogP contribution >= 0.6 is 0 Å². The number of rotatable bonds is 5. The van der Waals surface area contributed by atoms with Gasteiger partial charge in [0.1, 0.15) is 5.75 Å². The highest BCUT2D eigenvalue weighted by Crippen LogP contribution is 2.26. The lowest BCUT2D eigenvalue weighted by Crippen LogP contribution is -2.30. The summed E-state index contributed by atoms with van der Waals surface area (Å²) >= 11 is 0. The molecule has 2 aromatic rings. The van der Waals surface area contributed by atoms with Crippen molar-refractivity contribution in [2.75, 3.05) is 25.6 Å². The van der Waals surface area contributed by atoms with Crippen molar-refractivity contribution in [2.45, 2.75) is 13.0 Å². The summed E-state index contributed by atoms with van der Waals surface area (Å²) < 4.78 is 5.20. The van der Waals surface area contributed by atoms with Crippen LogP contribution in [0.1, 0.15) is 17.2 Å². The van der Waals surface area contributed by atoms with Gasteiger partial charge in [0.15, 0.2) is 0 Å². The fraction of sp³-hybridized carbons (Fsp3) is 0.294. The van der Waals surface area contributed by atoms with Crippen LogP contribution in [-0.2, 0) is 0 Å². The minimum absolute atomic E-state index is 0.155. The SMILES string of the molecule is COc1ccc(C(CN)N(C)c2cccc(C)c2)cc1. The second-order valence-corrected chi connectivity index (χ2v) is 4.97. The first kappa shape index (κ1) is 14.4. The van der Waals surface area contributed by atoms with Gasteiger partial charge in [-0.2, -0.15) is 0 Å². The van der Waals surface area contributed by atoms with Crippen molar-refractivity contribution < 1.29 is 4.74 Å². The molecule has 0 aliphatic rings. The first-order valence-corrected chi connectivity index (χ1v) is 6.79. The van der Waals surface area contributed by atoms with E-state index in [1.165, 1.54) is 16.8 Å². The molecule has 0 aliphatic carbocycles. The maximum Gasteiger partial charge on any atom is 0.118 e. The number of hydrogen-bond donors (Lipinski definition) is 1. The molecule has 3 heteroatoms. The first-order valence-electron chi connectivity index (χ1n) is 6.79. The monoisotopic (exact) mass is 270 g/mol. The van der Waals surface area contributed by atoms with Crippen molar-refractivity contribution >= 4 is 5.69 Å². The van der Waals surface area contributed by atoms with Crippen molar-refractivity contribution in [1.82, 2.24) is 0 Å². The molecular formula is C17H22N2O. The van der Waals surface area contributed by atoms with Crippen LogP contribution in [0.15, 0.2) is 48.5 Å². The van der Waals surface area contributed by atoms with Crippen LogP contribution in [0.3, 0.4) is 0 Å². The zero-order valence-corrected chi connectivity index (χ0v) is 12.3. The number of methoxy groups -OCH3 is 1. The molecule has 2 N–H and O–H groups in total. The Labute approximate surface area is 121 Å². The summed E-state index contributed by atoms with van der Waals surface area (Å²) in [7, 11) is 3.75. The van der Waals surface area contributed by atoms with Gasteiger partial charge in [-0.1, -0.05) is 24.3 Å². The highest BCUT2D eigenvalue weighted by molar-refractivity contribution is 5.50. The topological polar surface area (TPSA) is 38.5 Å². The molecule has 20 heavy (non-hydrogen) atoms. The van der Waals surface area contributed by atoms with Crippen molar-refractivity contribution in [2.24, 2.45) is 5.73 Å². The average Bonchev–Trinajstić information content (AvgIpc) is 2.48. The molecule has 0 amide bonds. The van der Waals surface area contributed by atoms with E-state index in [2.05, 4.69) is 55.3 Å². The Morgan fingerprint density at radius 1 is 1.15 bits per heavy atom. The predicted molar refractivity (Wildman–Crippen MR) is 84.4 cm³/mol. The van der Waals surface area contributed by atoms with Crippen LogP contribution < -0.4 is 15.4 Å². The molecule has 0 saturated heterocycles. The maximum atomic E-state index is 5.98. The first-order chi connectivity index (χ1) is 9.65. The van der Waals surface area contributed by atoms with Gasteiger partial charge >= 0.3 is 0 Å². The van der Waals surface area contributed by atoms with E-state index in [9.17, 15) is 0 Å². The van der Waals surface area contributed by atoms with Gasteiger partial charge in [0.2, 0.25) is 0 Å². The number of likely N-dealkylation sites (N-methyl/N-ethyl adjacent to an activating group) is 1. The van der Waals surface area contributed by atoms with Crippen molar-refractivity contribution in [3.05, 3.63) is 59.7 Å². The lowest BCUT2D eigenvalue weighted by Gasteiger charge is -2.30. The molecule has 0 radical (unpaired) electrons. The fourth-order valence-corrected chi connectivity index (χ4v) is 2.37. The number of aryl methyl sites for hydroxylation is 1. The molecule has 0 fully saturated rings. The second-order valence-electron chi connectivity index (χ2n) is 4.97.